The van der Waals surface area contributed by atoms with Gasteiger partial charge in [-0.25, -0.2) is 0 Å². The van der Waals surface area contributed by atoms with E-state index < -0.39 is 0 Å². The van der Waals surface area contributed by atoms with Gasteiger partial charge in [-0.15, -0.1) is 0 Å². The monoisotopic (exact) mass is 231 g/mol. The van der Waals surface area contributed by atoms with E-state index in [1.807, 2.05) is 0 Å². The van der Waals surface area contributed by atoms with E-state index in [0.717, 1.165) is 0 Å². The van der Waals surface area contributed by atoms with Crippen molar-refractivity contribution in [2.45, 2.75) is 32.6 Å². The summed E-state index contributed by atoms with van der Waals surface area (Å²) in [6, 6.07) is 10.5. The van der Waals surface area contributed by atoms with Crippen LogP contribution in [0.1, 0.15) is 32.8 Å². The van der Waals surface area contributed by atoms with E-state index >= 15 is 0 Å². The Bertz CT molecular complexity index is 376. The Morgan fingerprint density at radius 3 is 2.75 bits per heavy atom. The van der Waals surface area contributed by atoms with E-state index in [4.69, 9.17) is 9.69 Å². The predicted octanol–water partition coefficient (Wildman–Crippen LogP) is 2.16. The van der Waals surface area contributed by atoms with Crippen LogP contribution in [-0.2, 0) is 9.84 Å². The molecule has 1 rings (SSSR count). The summed E-state index contributed by atoms with van der Waals surface area (Å²) < 4.78 is 5.43. The van der Waals surface area contributed by atoms with Crippen molar-refractivity contribution in [3.05, 3.63) is 29.8 Å². The van der Waals surface area contributed by atoms with Gasteiger partial charge in [0, 0.05) is 6.61 Å². The average molecular weight is 231 g/mol. The molecule has 0 saturated carbocycles. The lowest BCUT2D eigenvalue weighted by Crippen LogP contribution is -2.21. The topological polar surface area (TPSA) is 33.0 Å². The van der Waals surface area contributed by atoms with Gasteiger partial charge in [0.05, 0.1) is 12.5 Å². The molecule has 0 spiro atoms. The molecule has 3 heteroatoms. The summed E-state index contributed by atoms with van der Waals surface area (Å²) >= 11 is 0. The van der Waals surface area contributed by atoms with Crippen LogP contribution in [0.4, 0.5) is 0 Å². The molecular weight excluding hydrogens is 214 g/mol. The molecule has 0 aromatic heterocycles. The Morgan fingerprint density at radius 1 is 1.38 bits per heavy atom. The molecule has 0 amide bonds. The first kappa shape index (κ1) is 13.0. The zero-order chi connectivity index (χ0) is 12.0. The molecule has 0 saturated heterocycles. The molecule has 0 aliphatic heterocycles. The lowest BCUT2D eigenvalue weighted by atomic mass is 9.87. The molecule has 0 aliphatic rings. The second-order valence-electron chi connectivity index (χ2n) is 4.69. The van der Waals surface area contributed by atoms with Crippen LogP contribution in [0.15, 0.2) is 24.3 Å². The van der Waals surface area contributed by atoms with Gasteiger partial charge in [-0.3, -0.25) is 0 Å². The van der Waals surface area contributed by atoms with Gasteiger partial charge in [0.15, 0.2) is 0 Å². The van der Waals surface area contributed by atoms with E-state index in [2.05, 4.69) is 51.1 Å². The minimum atomic E-state index is 0.174. The first-order valence-electron chi connectivity index (χ1n) is 5.39. The summed E-state index contributed by atoms with van der Waals surface area (Å²) in [4.78, 5) is 0. The molecule has 2 radical (unpaired) electrons. The number of nitriles is 1. The third kappa shape index (κ3) is 4.17. The van der Waals surface area contributed by atoms with Gasteiger partial charge in [0.1, 0.15) is 0 Å². The summed E-state index contributed by atoms with van der Waals surface area (Å²) in [5.74, 6) is 0. The molecule has 0 N–H and O–H groups in total. The second-order valence-corrected chi connectivity index (χ2v) is 5.76. The first-order chi connectivity index (χ1) is 7.54. The van der Waals surface area contributed by atoms with Crippen LogP contribution >= 0.6 is 0 Å². The zero-order valence-corrected chi connectivity index (χ0v) is 11.1. The van der Waals surface area contributed by atoms with E-state index in [1.54, 1.807) is 0 Å². The van der Waals surface area contributed by atoms with Crippen molar-refractivity contribution in [2.24, 2.45) is 0 Å². The van der Waals surface area contributed by atoms with E-state index in [-0.39, 0.29) is 5.41 Å². The minimum absolute atomic E-state index is 0.174. The summed E-state index contributed by atoms with van der Waals surface area (Å²) in [7, 11) is 0.339. The van der Waals surface area contributed by atoms with Crippen molar-refractivity contribution in [2.75, 3.05) is 6.61 Å². The highest BCUT2D eigenvalue weighted by Gasteiger charge is 2.13. The third-order valence-electron chi connectivity index (χ3n) is 2.23. The van der Waals surface area contributed by atoms with Crippen molar-refractivity contribution in [3.8, 4) is 6.07 Å². The maximum Gasteiger partial charge on any atom is 0.268 e. The Balaban J connectivity index is 2.58. The quantitative estimate of drug-likeness (QED) is 0.587. The first-order valence-corrected chi connectivity index (χ1v) is 6.30. The SMILES string of the molecule is CC(C)(C)c1cccc([Si]OCCC#N)c1. The maximum atomic E-state index is 8.39. The van der Waals surface area contributed by atoms with E-state index in [9.17, 15) is 0 Å². The lowest BCUT2D eigenvalue weighted by molar-refractivity contribution is 0.352. The molecule has 1 aromatic carbocycles. The Labute approximate surface area is 100 Å². The molecule has 0 bridgehead atoms. The number of hydrogen-bond donors (Lipinski definition) is 0. The highest BCUT2D eigenvalue weighted by Crippen LogP contribution is 2.20. The minimum Gasteiger partial charge on any atom is -0.410 e. The van der Waals surface area contributed by atoms with Crippen LogP contribution in [-0.4, -0.2) is 16.4 Å². The van der Waals surface area contributed by atoms with Crippen LogP contribution in [0.3, 0.4) is 0 Å². The number of rotatable bonds is 4. The van der Waals surface area contributed by atoms with Gasteiger partial charge < -0.3 is 4.43 Å². The van der Waals surface area contributed by atoms with Crippen LogP contribution < -0.4 is 5.19 Å². The molecule has 0 unspecified atom stereocenters. The Hall–Kier alpha value is -1.11. The third-order valence-corrected chi connectivity index (χ3v) is 3.13. The smallest absolute Gasteiger partial charge is 0.268 e. The summed E-state index contributed by atoms with van der Waals surface area (Å²) in [5.41, 5.74) is 1.49. The fraction of sp³-hybridized carbons (Fsp3) is 0.462. The van der Waals surface area contributed by atoms with Crippen molar-refractivity contribution in [3.63, 3.8) is 0 Å². The molecule has 0 atom stereocenters. The van der Waals surface area contributed by atoms with Crippen molar-refractivity contribution >= 4 is 14.9 Å². The molecule has 0 fully saturated rings. The normalized spacial score (nSPS) is 11.1. The van der Waals surface area contributed by atoms with Crippen LogP contribution in [0.25, 0.3) is 0 Å². The molecular formula is C13H17NOSi. The highest BCUT2D eigenvalue weighted by atomic mass is 28.2. The van der Waals surface area contributed by atoms with Crippen LogP contribution in [0, 0.1) is 11.3 Å². The van der Waals surface area contributed by atoms with Gasteiger partial charge in [0.2, 0.25) is 0 Å². The molecule has 0 heterocycles. The molecule has 0 aliphatic carbocycles. The van der Waals surface area contributed by atoms with Crippen molar-refractivity contribution in [1.29, 1.82) is 5.26 Å². The van der Waals surface area contributed by atoms with Gasteiger partial charge in [-0.05, 0) is 16.2 Å². The summed E-state index contributed by atoms with van der Waals surface area (Å²) in [5, 5.41) is 9.59. The van der Waals surface area contributed by atoms with Gasteiger partial charge in [-0.1, -0.05) is 45.0 Å². The number of benzene rings is 1. The number of nitrogens with zero attached hydrogens (tertiary/aromatic N) is 1. The largest absolute Gasteiger partial charge is 0.410 e. The number of hydrogen-bond acceptors (Lipinski definition) is 2. The van der Waals surface area contributed by atoms with Crippen LogP contribution in [0.5, 0.6) is 0 Å². The van der Waals surface area contributed by atoms with Crippen molar-refractivity contribution < 1.29 is 4.43 Å². The summed E-state index contributed by atoms with van der Waals surface area (Å²) in [6.45, 7) is 7.12. The molecule has 2 nitrogen and oxygen atoms in total. The summed E-state index contributed by atoms with van der Waals surface area (Å²) in [6.07, 6.45) is 0.464. The highest BCUT2D eigenvalue weighted by molar-refractivity contribution is 6.46. The van der Waals surface area contributed by atoms with Crippen molar-refractivity contribution in [1.82, 2.24) is 0 Å². The van der Waals surface area contributed by atoms with Gasteiger partial charge in [-0.2, -0.15) is 5.26 Å². The van der Waals surface area contributed by atoms with Gasteiger partial charge in [0.25, 0.3) is 9.76 Å². The maximum absolute atomic E-state index is 8.39. The van der Waals surface area contributed by atoms with E-state index in [0.29, 0.717) is 22.8 Å². The second kappa shape index (κ2) is 5.83. The Kier molecular flexibility index (Phi) is 4.72. The molecule has 16 heavy (non-hydrogen) atoms. The predicted molar refractivity (Wildman–Crippen MR) is 66.7 cm³/mol. The lowest BCUT2D eigenvalue weighted by Gasteiger charge is -2.19. The average Bonchev–Trinajstić information content (AvgIpc) is 2.24. The zero-order valence-electron chi connectivity index (χ0n) is 10.1. The fourth-order valence-electron chi connectivity index (χ4n) is 1.28. The molecule has 84 valence electrons. The Morgan fingerprint density at radius 2 is 2.12 bits per heavy atom. The van der Waals surface area contributed by atoms with Gasteiger partial charge >= 0.3 is 0 Å². The standard InChI is InChI=1S/C13H17NOSi/c1-13(2,3)11-6-4-7-12(10-11)16-15-9-5-8-14/h4,6-7,10H,5,9H2,1-3H3. The van der Waals surface area contributed by atoms with E-state index in [1.165, 1.54) is 10.8 Å². The van der Waals surface area contributed by atoms with Crippen LogP contribution in [0.2, 0.25) is 0 Å². The fourth-order valence-corrected chi connectivity index (χ4v) is 2.03. The molecule has 1 aromatic rings.